The first-order chi connectivity index (χ1) is 19.4. The number of ketones is 1. The number of nitrogens with zero attached hydrogens (tertiary/aromatic N) is 2. The number of anilines is 2. The lowest BCUT2D eigenvalue weighted by Crippen LogP contribution is -2.12. The van der Waals surface area contributed by atoms with Gasteiger partial charge in [0.1, 0.15) is 0 Å². The number of fused-ring (bicyclic) bond motifs is 2. The summed E-state index contributed by atoms with van der Waals surface area (Å²) in [6, 6.07) is 28.7. The quantitative estimate of drug-likeness (QED) is 0.246. The molecule has 2 heterocycles. The molecule has 0 saturated heterocycles. The number of carbonyl (C=O) groups is 3. The molecule has 4 aromatic carbocycles. The maximum absolute atomic E-state index is 13.0. The van der Waals surface area contributed by atoms with Crippen LogP contribution < -0.4 is 10.6 Å². The molecule has 7 nitrogen and oxygen atoms in total. The highest BCUT2D eigenvalue weighted by Gasteiger charge is 2.13. The van der Waals surface area contributed by atoms with Gasteiger partial charge < -0.3 is 19.8 Å². The van der Waals surface area contributed by atoms with Crippen LogP contribution in [0, 0.1) is 0 Å². The Morgan fingerprint density at radius 3 is 1.27 bits per heavy atom. The number of aryl methyl sites for hydroxylation is 2. The van der Waals surface area contributed by atoms with Gasteiger partial charge in [-0.1, -0.05) is 0 Å². The fraction of sp³-hybridized carbons (Fsp3) is 0.0606. The minimum absolute atomic E-state index is 0.153. The molecular formula is C33H26N4O3. The fourth-order valence-electron chi connectivity index (χ4n) is 4.83. The lowest BCUT2D eigenvalue weighted by Gasteiger charge is -2.08. The van der Waals surface area contributed by atoms with Crippen molar-refractivity contribution in [1.82, 2.24) is 9.13 Å². The summed E-state index contributed by atoms with van der Waals surface area (Å²) in [4.78, 5) is 38.5. The van der Waals surface area contributed by atoms with E-state index in [-0.39, 0.29) is 17.6 Å². The van der Waals surface area contributed by atoms with E-state index in [4.69, 9.17) is 0 Å². The van der Waals surface area contributed by atoms with Crippen LogP contribution in [-0.2, 0) is 14.1 Å². The average molecular weight is 527 g/mol. The third kappa shape index (κ3) is 4.76. The van der Waals surface area contributed by atoms with E-state index in [1.165, 1.54) is 0 Å². The Hall–Kier alpha value is -5.43. The molecule has 0 aliphatic rings. The fourth-order valence-corrected chi connectivity index (χ4v) is 4.83. The number of aromatic nitrogens is 2. The molecule has 6 rings (SSSR count). The van der Waals surface area contributed by atoms with Crippen molar-refractivity contribution in [3.8, 4) is 0 Å². The first kappa shape index (κ1) is 24.9. The Bertz CT molecular complexity index is 1770. The topological polar surface area (TPSA) is 85.1 Å². The molecule has 2 N–H and O–H groups in total. The predicted molar refractivity (Wildman–Crippen MR) is 158 cm³/mol. The number of benzene rings is 4. The summed E-state index contributed by atoms with van der Waals surface area (Å²) in [6.07, 6.45) is 3.91. The van der Waals surface area contributed by atoms with Crippen LogP contribution in [-0.4, -0.2) is 26.7 Å². The molecule has 0 aliphatic heterocycles. The van der Waals surface area contributed by atoms with Crippen molar-refractivity contribution in [2.24, 2.45) is 14.1 Å². The van der Waals surface area contributed by atoms with E-state index < -0.39 is 0 Å². The standard InChI is InChI=1S/C33H26N4O3/c1-36-17-15-23-19-25(7-13-29(23)36)32(39)34-27-9-3-21(4-10-27)31(38)22-5-11-28(12-6-22)35-33(40)26-8-14-30-24(20-26)16-18-37(30)2/h3-20H,1-2H3,(H,34,39)(H,35,40). The highest BCUT2D eigenvalue weighted by atomic mass is 16.2. The summed E-state index contributed by atoms with van der Waals surface area (Å²) in [7, 11) is 3.93. The molecular weight excluding hydrogens is 500 g/mol. The second-order valence-electron chi connectivity index (χ2n) is 9.79. The predicted octanol–water partition coefficient (Wildman–Crippen LogP) is 6.41. The molecule has 0 unspecified atom stereocenters. The molecule has 0 radical (unpaired) electrons. The first-order valence-corrected chi connectivity index (χ1v) is 12.8. The normalized spacial score (nSPS) is 11.1. The molecule has 7 heteroatoms. The summed E-state index contributed by atoms with van der Waals surface area (Å²) in [5, 5.41) is 7.77. The second-order valence-corrected chi connectivity index (χ2v) is 9.79. The molecule has 0 bridgehead atoms. The lowest BCUT2D eigenvalue weighted by atomic mass is 10.0. The van der Waals surface area contributed by atoms with Gasteiger partial charge in [0.2, 0.25) is 0 Å². The van der Waals surface area contributed by atoms with E-state index in [1.807, 2.05) is 72.0 Å². The number of amides is 2. The van der Waals surface area contributed by atoms with Crippen molar-refractivity contribution in [3.63, 3.8) is 0 Å². The zero-order valence-electron chi connectivity index (χ0n) is 22.0. The Morgan fingerprint density at radius 1 is 0.500 bits per heavy atom. The van der Waals surface area contributed by atoms with Gasteiger partial charge in [0, 0.05) is 81.9 Å². The van der Waals surface area contributed by atoms with Crippen LogP contribution in [0.1, 0.15) is 36.6 Å². The second kappa shape index (κ2) is 10.0. The number of hydrogen-bond acceptors (Lipinski definition) is 3. The molecule has 0 atom stereocenters. The smallest absolute Gasteiger partial charge is 0.255 e. The number of hydrogen-bond donors (Lipinski definition) is 2. The van der Waals surface area contributed by atoms with Crippen LogP contribution in [0.2, 0.25) is 0 Å². The Morgan fingerprint density at radius 2 is 0.875 bits per heavy atom. The van der Waals surface area contributed by atoms with Crippen molar-refractivity contribution in [2.45, 2.75) is 0 Å². The zero-order valence-corrected chi connectivity index (χ0v) is 22.0. The maximum atomic E-state index is 13.0. The SMILES string of the molecule is Cn1ccc2cc(C(=O)Nc3ccc(C(=O)c4ccc(NC(=O)c5ccc6c(ccn6C)c5)cc4)cc3)ccc21. The van der Waals surface area contributed by atoms with Gasteiger partial charge >= 0.3 is 0 Å². The van der Waals surface area contributed by atoms with Gasteiger partial charge in [0.15, 0.2) is 5.78 Å². The Kier molecular flexibility index (Phi) is 6.24. The molecule has 6 aromatic rings. The Labute approximate surface area is 230 Å². The van der Waals surface area contributed by atoms with Gasteiger partial charge in [-0.25, -0.2) is 0 Å². The number of carbonyl (C=O) groups excluding carboxylic acids is 3. The van der Waals surface area contributed by atoms with E-state index >= 15 is 0 Å². The Balaban J connectivity index is 1.09. The largest absolute Gasteiger partial charge is 0.351 e. The molecule has 2 amide bonds. The molecule has 0 spiro atoms. The first-order valence-electron chi connectivity index (χ1n) is 12.8. The van der Waals surface area contributed by atoms with Crippen LogP contribution >= 0.6 is 0 Å². The molecule has 40 heavy (non-hydrogen) atoms. The van der Waals surface area contributed by atoms with E-state index in [9.17, 15) is 14.4 Å². The van der Waals surface area contributed by atoms with Crippen LogP contribution in [0.15, 0.2) is 109 Å². The van der Waals surface area contributed by atoms with Crippen molar-refractivity contribution in [1.29, 1.82) is 0 Å². The van der Waals surface area contributed by atoms with Gasteiger partial charge in [0.25, 0.3) is 11.8 Å². The monoisotopic (exact) mass is 526 g/mol. The van der Waals surface area contributed by atoms with Crippen molar-refractivity contribution in [3.05, 3.63) is 132 Å². The highest BCUT2D eigenvalue weighted by molar-refractivity contribution is 6.11. The van der Waals surface area contributed by atoms with Crippen LogP contribution in [0.5, 0.6) is 0 Å². The van der Waals surface area contributed by atoms with E-state index in [0.717, 1.165) is 21.8 Å². The van der Waals surface area contributed by atoms with Gasteiger partial charge in [-0.15, -0.1) is 0 Å². The minimum atomic E-state index is -0.217. The minimum Gasteiger partial charge on any atom is -0.351 e. The van der Waals surface area contributed by atoms with Gasteiger partial charge in [-0.05, 0) is 97.1 Å². The van der Waals surface area contributed by atoms with Gasteiger partial charge in [-0.2, -0.15) is 0 Å². The summed E-state index contributed by atoms with van der Waals surface area (Å²) in [5.74, 6) is -0.586. The molecule has 2 aromatic heterocycles. The van der Waals surface area contributed by atoms with E-state index in [1.54, 1.807) is 60.7 Å². The summed E-state index contributed by atoms with van der Waals surface area (Å²) in [6.45, 7) is 0. The van der Waals surface area contributed by atoms with Crippen molar-refractivity contribution in [2.75, 3.05) is 10.6 Å². The third-order valence-electron chi connectivity index (χ3n) is 7.10. The molecule has 196 valence electrons. The number of nitrogens with one attached hydrogen (secondary N) is 2. The highest BCUT2D eigenvalue weighted by Crippen LogP contribution is 2.21. The zero-order chi connectivity index (χ0) is 27.8. The summed E-state index contributed by atoms with van der Waals surface area (Å²) < 4.78 is 4.01. The van der Waals surface area contributed by atoms with Crippen LogP contribution in [0.25, 0.3) is 21.8 Å². The third-order valence-corrected chi connectivity index (χ3v) is 7.10. The van der Waals surface area contributed by atoms with Crippen molar-refractivity contribution < 1.29 is 14.4 Å². The molecule has 0 saturated carbocycles. The van der Waals surface area contributed by atoms with Crippen molar-refractivity contribution >= 4 is 50.8 Å². The number of rotatable bonds is 6. The van der Waals surface area contributed by atoms with Crippen LogP contribution in [0.3, 0.4) is 0 Å². The van der Waals surface area contributed by atoms with Gasteiger partial charge in [-0.3, -0.25) is 14.4 Å². The lowest BCUT2D eigenvalue weighted by molar-refractivity contribution is 0.101. The maximum Gasteiger partial charge on any atom is 0.255 e. The summed E-state index contributed by atoms with van der Waals surface area (Å²) in [5.41, 5.74) is 5.43. The van der Waals surface area contributed by atoms with E-state index in [2.05, 4.69) is 10.6 Å². The molecule has 0 aliphatic carbocycles. The van der Waals surface area contributed by atoms with E-state index in [0.29, 0.717) is 33.6 Å². The van der Waals surface area contributed by atoms with Crippen LogP contribution in [0.4, 0.5) is 11.4 Å². The summed E-state index contributed by atoms with van der Waals surface area (Å²) >= 11 is 0. The van der Waals surface area contributed by atoms with Gasteiger partial charge in [0.05, 0.1) is 0 Å². The molecule has 0 fully saturated rings. The average Bonchev–Trinajstić information content (AvgIpc) is 3.54.